The standard InChI is InChI=1S/C30H28N6O4/c1-4-35-28(31-19-32-35)27(39-2)25-24(29(37)34-36(30(38)40-3)21-15-9-6-10-16-21)22-17-11-12-18-23(22)33-26(25)20-13-7-5-8-14-20/h5-19,27H,4H2,1-3H3,(H,34,37). The number of carbonyl (C=O) groups is 2. The average molecular weight is 537 g/mol. The first kappa shape index (κ1) is 26.5. The third-order valence-electron chi connectivity index (χ3n) is 6.47. The minimum Gasteiger partial charge on any atom is -0.451 e. The average Bonchev–Trinajstić information content (AvgIpc) is 3.48. The van der Waals surface area contributed by atoms with Crippen molar-refractivity contribution in [1.82, 2.24) is 25.2 Å². The maximum atomic E-state index is 14.3. The van der Waals surface area contributed by atoms with Crippen molar-refractivity contribution in [1.29, 1.82) is 0 Å². The van der Waals surface area contributed by atoms with Crippen LogP contribution in [0.2, 0.25) is 0 Å². The minimum atomic E-state index is -0.807. The predicted molar refractivity (Wildman–Crippen MR) is 151 cm³/mol. The number of anilines is 1. The molecule has 202 valence electrons. The van der Waals surface area contributed by atoms with E-state index in [1.807, 2.05) is 67.6 Å². The molecule has 1 atom stereocenters. The number of hydrazine groups is 1. The third kappa shape index (κ3) is 4.99. The molecule has 0 saturated heterocycles. The van der Waals surface area contributed by atoms with Crippen LogP contribution in [0.1, 0.15) is 34.8 Å². The van der Waals surface area contributed by atoms with Gasteiger partial charge in [0.2, 0.25) is 0 Å². The molecular formula is C30H28N6O4. The number of pyridine rings is 1. The number of aryl methyl sites for hydroxylation is 1. The van der Waals surface area contributed by atoms with Crippen LogP contribution in [0.4, 0.5) is 10.5 Å². The molecule has 10 heteroatoms. The van der Waals surface area contributed by atoms with Gasteiger partial charge in [-0.2, -0.15) is 10.1 Å². The Morgan fingerprint density at radius 1 is 0.950 bits per heavy atom. The van der Waals surface area contributed by atoms with Crippen LogP contribution in [0, 0.1) is 0 Å². The number of nitrogens with one attached hydrogen (secondary N) is 1. The number of hydrogen-bond donors (Lipinski definition) is 1. The molecule has 0 fully saturated rings. The fourth-order valence-electron chi connectivity index (χ4n) is 4.66. The van der Waals surface area contributed by atoms with Gasteiger partial charge in [0.25, 0.3) is 5.91 Å². The van der Waals surface area contributed by atoms with E-state index in [2.05, 4.69) is 15.5 Å². The molecule has 10 nitrogen and oxygen atoms in total. The number of para-hydroxylation sites is 2. The summed E-state index contributed by atoms with van der Waals surface area (Å²) in [5.41, 5.74) is 5.90. The minimum absolute atomic E-state index is 0.284. The van der Waals surface area contributed by atoms with Crippen molar-refractivity contribution in [2.24, 2.45) is 0 Å². The molecule has 1 unspecified atom stereocenters. The molecular weight excluding hydrogens is 508 g/mol. The SMILES string of the molecule is CCn1ncnc1C(OC)c1c(-c2ccccc2)nc2ccccc2c1C(=O)NN(C(=O)OC)c1ccccc1. The summed E-state index contributed by atoms with van der Waals surface area (Å²) in [6.07, 6.45) is -0.106. The number of nitrogens with zero attached hydrogens (tertiary/aromatic N) is 5. The quantitative estimate of drug-likeness (QED) is 0.286. The monoisotopic (exact) mass is 536 g/mol. The van der Waals surface area contributed by atoms with Gasteiger partial charge in [0.1, 0.15) is 12.4 Å². The second-order valence-corrected chi connectivity index (χ2v) is 8.76. The Bertz CT molecular complexity index is 1640. The number of carbonyl (C=O) groups excluding carboxylic acids is 2. The van der Waals surface area contributed by atoms with Crippen molar-refractivity contribution >= 4 is 28.6 Å². The Balaban J connectivity index is 1.79. The highest BCUT2D eigenvalue weighted by Gasteiger charge is 2.32. The first-order valence-corrected chi connectivity index (χ1v) is 12.7. The molecule has 40 heavy (non-hydrogen) atoms. The van der Waals surface area contributed by atoms with Gasteiger partial charge >= 0.3 is 6.09 Å². The molecule has 1 N–H and O–H groups in total. The van der Waals surface area contributed by atoms with Crippen LogP contribution in [0.3, 0.4) is 0 Å². The highest BCUT2D eigenvalue weighted by molar-refractivity contribution is 6.11. The number of ether oxygens (including phenoxy) is 2. The molecule has 0 spiro atoms. The zero-order valence-corrected chi connectivity index (χ0v) is 22.3. The lowest BCUT2D eigenvalue weighted by atomic mass is 9.92. The fourth-order valence-corrected chi connectivity index (χ4v) is 4.66. The zero-order chi connectivity index (χ0) is 28.1. The van der Waals surface area contributed by atoms with Gasteiger partial charge in [0, 0.05) is 30.2 Å². The Kier molecular flexibility index (Phi) is 7.79. The molecule has 5 rings (SSSR count). The Labute approximate surface area is 231 Å². The first-order valence-electron chi connectivity index (χ1n) is 12.7. The molecule has 5 aromatic rings. The fraction of sp³-hybridized carbons (Fsp3) is 0.167. The van der Waals surface area contributed by atoms with Gasteiger partial charge in [-0.25, -0.2) is 19.4 Å². The maximum absolute atomic E-state index is 14.3. The van der Waals surface area contributed by atoms with E-state index in [0.29, 0.717) is 40.2 Å². The van der Waals surface area contributed by atoms with E-state index in [1.165, 1.54) is 13.4 Å². The van der Waals surface area contributed by atoms with Crippen LogP contribution in [0.5, 0.6) is 0 Å². The van der Waals surface area contributed by atoms with E-state index < -0.39 is 18.1 Å². The third-order valence-corrected chi connectivity index (χ3v) is 6.47. The Hall–Kier alpha value is -5.09. The van der Waals surface area contributed by atoms with Gasteiger partial charge in [-0.05, 0) is 25.1 Å². The number of rotatable bonds is 7. The van der Waals surface area contributed by atoms with Crippen LogP contribution in [-0.4, -0.2) is 46.0 Å². The highest BCUT2D eigenvalue weighted by atomic mass is 16.5. The predicted octanol–water partition coefficient (Wildman–Crippen LogP) is 5.17. The topological polar surface area (TPSA) is 111 Å². The molecule has 2 heterocycles. The Morgan fingerprint density at radius 2 is 1.62 bits per heavy atom. The number of methoxy groups -OCH3 is 2. The summed E-state index contributed by atoms with van der Waals surface area (Å²) >= 11 is 0. The van der Waals surface area contributed by atoms with Crippen LogP contribution >= 0.6 is 0 Å². The van der Waals surface area contributed by atoms with E-state index in [0.717, 1.165) is 10.6 Å². The lowest BCUT2D eigenvalue weighted by Gasteiger charge is -2.26. The van der Waals surface area contributed by atoms with Gasteiger partial charge in [-0.15, -0.1) is 0 Å². The number of amides is 2. The van der Waals surface area contributed by atoms with Gasteiger partial charge in [0.15, 0.2) is 5.82 Å². The summed E-state index contributed by atoms with van der Waals surface area (Å²) in [5, 5.41) is 5.98. The lowest BCUT2D eigenvalue weighted by molar-refractivity contribution is 0.0928. The highest BCUT2D eigenvalue weighted by Crippen LogP contribution is 2.38. The van der Waals surface area contributed by atoms with Crippen LogP contribution in [-0.2, 0) is 16.0 Å². The summed E-state index contributed by atoms with van der Waals surface area (Å²) in [6.45, 7) is 2.49. The molecule has 0 aliphatic carbocycles. The summed E-state index contributed by atoms with van der Waals surface area (Å²) < 4.78 is 12.7. The van der Waals surface area contributed by atoms with Crippen molar-refractivity contribution < 1.29 is 19.1 Å². The van der Waals surface area contributed by atoms with Crippen molar-refractivity contribution in [2.75, 3.05) is 19.2 Å². The molecule has 0 bridgehead atoms. The molecule has 2 aromatic heterocycles. The largest absolute Gasteiger partial charge is 0.451 e. The van der Waals surface area contributed by atoms with Crippen LogP contribution < -0.4 is 10.4 Å². The van der Waals surface area contributed by atoms with Crippen molar-refractivity contribution in [3.63, 3.8) is 0 Å². The van der Waals surface area contributed by atoms with Gasteiger partial charge in [-0.1, -0.05) is 66.7 Å². The summed E-state index contributed by atoms with van der Waals surface area (Å²) in [5.74, 6) is -0.0363. The number of benzene rings is 3. The lowest BCUT2D eigenvalue weighted by Crippen LogP contribution is -2.47. The molecule has 0 saturated carbocycles. The maximum Gasteiger partial charge on any atom is 0.433 e. The van der Waals surface area contributed by atoms with Crippen molar-refractivity contribution in [2.45, 2.75) is 19.6 Å². The number of aromatic nitrogens is 4. The van der Waals surface area contributed by atoms with E-state index in [-0.39, 0.29) is 5.56 Å². The summed E-state index contributed by atoms with van der Waals surface area (Å²) in [4.78, 5) is 36.6. The molecule has 0 radical (unpaired) electrons. The molecule has 2 amide bonds. The van der Waals surface area contributed by atoms with E-state index in [4.69, 9.17) is 14.5 Å². The van der Waals surface area contributed by atoms with Crippen LogP contribution in [0.15, 0.2) is 91.3 Å². The number of hydrogen-bond acceptors (Lipinski definition) is 7. The second kappa shape index (κ2) is 11.7. The summed E-state index contributed by atoms with van der Waals surface area (Å²) in [6, 6.07) is 25.6. The smallest absolute Gasteiger partial charge is 0.433 e. The summed E-state index contributed by atoms with van der Waals surface area (Å²) in [7, 11) is 2.81. The molecule has 3 aromatic carbocycles. The van der Waals surface area contributed by atoms with E-state index in [1.54, 1.807) is 36.1 Å². The second-order valence-electron chi connectivity index (χ2n) is 8.76. The molecule has 0 aliphatic rings. The van der Waals surface area contributed by atoms with Crippen LogP contribution in [0.25, 0.3) is 22.2 Å². The van der Waals surface area contributed by atoms with E-state index in [9.17, 15) is 9.59 Å². The number of fused-ring (bicyclic) bond motifs is 1. The van der Waals surface area contributed by atoms with Crippen molar-refractivity contribution in [3.05, 3.63) is 108 Å². The van der Waals surface area contributed by atoms with Crippen molar-refractivity contribution in [3.8, 4) is 11.3 Å². The van der Waals surface area contributed by atoms with Gasteiger partial charge in [-0.3, -0.25) is 10.2 Å². The molecule has 0 aliphatic heterocycles. The van der Waals surface area contributed by atoms with E-state index >= 15 is 0 Å². The van der Waals surface area contributed by atoms with Gasteiger partial charge < -0.3 is 9.47 Å². The first-order chi connectivity index (χ1) is 19.6. The van der Waals surface area contributed by atoms with Gasteiger partial charge in [0.05, 0.1) is 29.6 Å². The Morgan fingerprint density at radius 3 is 2.30 bits per heavy atom. The zero-order valence-electron chi connectivity index (χ0n) is 22.3. The normalized spacial score (nSPS) is 11.7.